The maximum absolute atomic E-state index is 12.6. The summed E-state index contributed by atoms with van der Waals surface area (Å²) < 4.78 is 5.28. The Morgan fingerprint density at radius 1 is 1.19 bits per heavy atom. The van der Waals surface area contributed by atoms with Gasteiger partial charge in [-0.15, -0.1) is 0 Å². The highest BCUT2D eigenvalue weighted by molar-refractivity contribution is 6.30. The van der Waals surface area contributed by atoms with Crippen LogP contribution in [0, 0.1) is 0 Å². The van der Waals surface area contributed by atoms with E-state index < -0.39 is 0 Å². The lowest BCUT2D eigenvalue weighted by molar-refractivity contribution is 0.262. The second kappa shape index (κ2) is 7.32. The van der Waals surface area contributed by atoms with E-state index in [0.717, 1.165) is 24.1 Å². The third-order valence-electron chi connectivity index (χ3n) is 4.47. The van der Waals surface area contributed by atoms with E-state index >= 15 is 0 Å². The number of methoxy groups -OCH3 is 1. The third-order valence-corrected chi connectivity index (χ3v) is 4.71. The summed E-state index contributed by atoms with van der Waals surface area (Å²) in [6.45, 7) is 0. The second-order valence-electron chi connectivity index (χ2n) is 6.42. The number of anilines is 2. The van der Waals surface area contributed by atoms with Gasteiger partial charge < -0.3 is 15.4 Å². The number of ether oxygens (including phenoxy) is 1. The molecule has 0 unspecified atom stereocenters. The van der Waals surface area contributed by atoms with Crippen LogP contribution >= 0.6 is 11.6 Å². The summed E-state index contributed by atoms with van der Waals surface area (Å²) in [5, 5.41) is 13.9. The molecule has 2 aromatic carbocycles. The number of benzene rings is 2. The van der Waals surface area contributed by atoms with Gasteiger partial charge in [0, 0.05) is 16.5 Å². The van der Waals surface area contributed by atoms with Gasteiger partial charge in [-0.1, -0.05) is 35.9 Å². The predicted molar refractivity (Wildman–Crippen MR) is 107 cm³/mol. The van der Waals surface area contributed by atoms with Gasteiger partial charge in [-0.25, -0.2) is 4.79 Å². The van der Waals surface area contributed by atoms with Crippen LogP contribution in [-0.4, -0.2) is 23.3 Å². The molecular formula is C20H19ClN4O2. The number of nitrogens with zero attached hydrogens (tertiary/aromatic N) is 1. The number of rotatable bonds is 5. The molecule has 4 rings (SSSR count). The Bertz CT molecular complexity index is 982. The average molecular weight is 383 g/mol. The second-order valence-corrected chi connectivity index (χ2v) is 6.86. The topological polar surface area (TPSA) is 79.0 Å². The van der Waals surface area contributed by atoms with E-state index in [9.17, 15) is 4.79 Å². The Balaban J connectivity index is 1.62. The van der Waals surface area contributed by atoms with Crippen LogP contribution in [-0.2, 0) is 0 Å². The molecule has 3 N–H and O–H groups in total. The Hall–Kier alpha value is -2.99. The molecule has 1 fully saturated rings. The van der Waals surface area contributed by atoms with Crippen molar-refractivity contribution in [3.8, 4) is 17.0 Å². The molecular weight excluding hydrogens is 364 g/mol. The van der Waals surface area contributed by atoms with Gasteiger partial charge >= 0.3 is 6.03 Å². The summed E-state index contributed by atoms with van der Waals surface area (Å²) in [6, 6.07) is 14.3. The number of aromatic nitrogens is 2. The van der Waals surface area contributed by atoms with Crippen molar-refractivity contribution in [2.45, 2.75) is 18.8 Å². The number of para-hydroxylation sites is 2. The number of carbonyl (C=O) groups is 1. The van der Waals surface area contributed by atoms with Gasteiger partial charge in [-0.3, -0.25) is 5.10 Å². The van der Waals surface area contributed by atoms with Crippen LogP contribution < -0.4 is 15.4 Å². The number of nitrogens with one attached hydrogen (secondary N) is 3. The zero-order chi connectivity index (χ0) is 18.8. The van der Waals surface area contributed by atoms with Crippen molar-refractivity contribution in [2.75, 3.05) is 17.7 Å². The molecule has 1 aliphatic carbocycles. The first-order valence-electron chi connectivity index (χ1n) is 8.71. The lowest BCUT2D eigenvalue weighted by atomic mass is 10.1. The molecule has 7 heteroatoms. The van der Waals surface area contributed by atoms with Gasteiger partial charge in [0.15, 0.2) is 0 Å². The van der Waals surface area contributed by atoms with Crippen molar-refractivity contribution in [1.82, 2.24) is 10.2 Å². The molecule has 1 saturated carbocycles. The highest BCUT2D eigenvalue weighted by atomic mass is 35.5. The molecule has 0 bridgehead atoms. The maximum atomic E-state index is 12.6. The molecule has 0 atom stereocenters. The van der Waals surface area contributed by atoms with Crippen LogP contribution in [0.1, 0.15) is 24.5 Å². The fourth-order valence-electron chi connectivity index (χ4n) is 3.01. The first-order valence-corrected chi connectivity index (χ1v) is 9.08. The summed E-state index contributed by atoms with van der Waals surface area (Å²) in [6.07, 6.45) is 2.17. The van der Waals surface area contributed by atoms with Gasteiger partial charge in [0.25, 0.3) is 0 Å². The smallest absolute Gasteiger partial charge is 0.323 e. The van der Waals surface area contributed by atoms with Crippen molar-refractivity contribution in [3.05, 3.63) is 59.2 Å². The molecule has 1 heterocycles. The Labute approximate surface area is 161 Å². The quantitative estimate of drug-likeness (QED) is 0.563. The van der Waals surface area contributed by atoms with E-state index in [2.05, 4.69) is 20.8 Å². The summed E-state index contributed by atoms with van der Waals surface area (Å²) in [5.74, 6) is 0.990. The maximum Gasteiger partial charge on any atom is 0.323 e. The molecule has 2 amide bonds. The lowest BCUT2D eigenvalue weighted by Crippen LogP contribution is -2.20. The number of hydrogen-bond donors (Lipinski definition) is 3. The molecule has 0 radical (unpaired) electrons. The molecule has 0 saturated heterocycles. The zero-order valence-electron chi connectivity index (χ0n) is 14.8. The summed E-state index contributed by atoms with van der Waals surface area (Å²) in [4.78, 5) is 12.6. The fourth-order valence-corrected chi connectivity index (χ4v) is 3.20. The van der Waals surface area contributed by atoms with E-state index in [1.807, 2.05) is 30.3 Å². The number of aromatic amines is 1. The Morgan fingerprint density at radius 2 is 2.00 bits per heavy atom. The number of halogens is 1. The van der Waals surface area contributed by atoms with Crippen LogP contribution in [0.2, 0.25) is 5.02 Å². The highest BCUT2D eigenvalue weighted by Crippen LogP contribution is 2.45. The van der Waals surface area contributed by atoms with E-state index in [0.29, 0.717) is 33.8 Å². The third kappa shape index (κ3) is 3.75. The van der Waals surface area contributed by atoms with Crippen LogP contribution in [0.4, 0.5) is 16.2 Å². The minimum absolute atomic E-state index is 0.355. The molecule has 138 valence electrons. The molecule has 0 spiro atoms. The normalized spacial score (nSPS) is 13.3. The van der Waals surface area contributed by atoms with Crippen molar-refractivity contribution in [3.63, 3.8) is 0 Å². The lowest BCUT2D eigenvalue weighted by Gasteiger charge is -2.12. The van der Waals surface area contributed by atoms with Gasteiger partial charge in [0.2, 0.25) is 0 Å². The Kier molecular flexibility index (Phi) is 4.73. The van der Waals surface area contributed by atoms with Gasteiger partial charge in [-0.05, 0) is 37.1 Å². The minimum atomic E-state index is -0.355. The summed E-state index contributed by atoms with van der Waals surface area (Å²) in [7, 11) is 1.57. The zero-order valence-corrected chi connectivity index (χ0v) is 15.5. The molecule has 3 aromatic rings. The SMILES string of the molecule is COc1ccccc1NC(=O)Nc1c(-c2cccc(Cl)c2)n[nH]c1C1CC1. The van der Waals surface area contributed by atoms with Crippen LogP contribution in [0.25, 0.3) is 11.3 Å². The highest BCUT2D eigenvalue weighted by Gasteiger charge is 2.31. The van der Waals surface area contributed by atoms with Crippen LogP contribution in [0.15, 0.2) is 48.5 Å². The molecule has 6 nitrogen and oxygen atoms in total. The van der Waals surface area contributed by atoms with Gasteiger partial charge in [-0.2, -0.15) is 5.10 Å². The molecule has 1 aromatic heterocycles. The largest absolute Gasteiger partial charge is 0.495 e. The molecule has 27 heavy (non-hydrogen) atoms. The van der Waals surface area contributed by atoms with E-state index in [-0.39, 0.29) is 6.03 Å². The number of hydrogen-bond acceptors (Lipinski definition) is 3. The van der Waals surface area contributed by atoms with Gasteiger partial charge in [0.05, 0.1) is 24.2 Å². The monoisotopic (exact) mass is 382 g/mol. The van der Waals surface area contributed by atoms with Crippen molar-refractivity contribution in [1.29, 1.82) is 0 Å². The fraction of sp³-hybridized carbons (Fsp3) is 0.200. The number of urea groups is 1. The average Bonchev–Trinajstić information content (AvgIpc) is 3.43. The summed E-state index contributed by atoms with van der Waals surface area (Å²) >= 11 is 6.12. The van der Waals surface area contributed by atoms with E-state index in [4.69, 9.17) is 16.3 Å². The number of H-pyrrole nitrogens is 1. The van der Waals surface area contributed by atoms with Crippen molar-refractivity contribution >= 4 is 29.0 Å². The van der Waals surface area contributed by atoms with Gasteiger partial charge in [0.1, 0.15) is 11.4 Å². The number of amides is 2. The van der Waals surface area contributed by atoms with E-state index in [1.165, 1.54) is 0 Å². The molecule has 1 aliphatic rings. The predicted octanol–water partition coefficient (Wildman–Crippen LogP) is 5.26. The van der Waals surface area contributed by atoms with Crippen molar-refractivity contribution < 1.29 is 9.53 Å². The minimum Gasteiger partial charge on any atom is -0.495 e. The first kappa shape index (κ1) is 17.4. The first-order chi connectivity index (χ1) is 13.2. The van der Waals surface area contributed by atoms with E-state index in [1.54, 1.807) is 25.3 Å². The standard InChI is InChI=1S/C20H19ClN4O2/c1-27-16-8-3-2-7-15(16)22-20(26)23-19-17(12-9-10-12)24-25-18(19)13-5-4-6-14(21)11-13/h2-8,11-12H,9-10H2,1H3,(H,24,25)(H2,22,23,26). The van der Waals surface area contributed by atoms with Crippen LogP contribution in [0.5, 0.6) is 5.75 Å². The summed E-state index contributed by atoms with van der Waals surface area (Å²) in [5.41, 5.74) is 3.75. The van der Waals surface area contributed by atoms with Crippen LogP contribution in [0.3, 0.4) is 0 Å². The Morgan fingerprint density at radius 3 is 2.74 bits per heavy atom. The number of carbonyl (C=O) groups excluding carboxylic acids is 1. The van der Waals surface area contributed by atoms with Crippen molar-refractivity contribution in [2.24, 2.45) is 0 Å². The molecule has 0 aliphatic heterocycles.